The average molecular weight is 439 g/mol. The van der Waals surface area contributed by atoms with Gasteiger partial charge in [-0.25, -0.2) is 4.68 Å². The van der Waals surface area contributed by atoms with E-state index in [1.54, 1.807) is 0 Å². The van der Waals surface area contributed by atoms with Gasteiger partial charge in [0.2, 0.25) is 0 Å². The number of nitrogens with one attached hydrogen (secondary N) is 1. The summed E-state index contributed by atoms with van der Waals surface area (Å²) in [6, 6.07) is 26.1. The first-order valence-electron chi connectivity index (χ1n) is 8.58. The Morgan fingerprint density at radius 3 is 2.30 bits per heavy atom. The van der Waals surface area contributed by atoms with Crippen LogP contribution >= 0.6 is 27.5 Å². The van der Waals surface area contributed by atoms with Gasteiger partial charge in [0.25, 0.3) is 0 Å². The zero-order valence-corrected chi connectivity index (χ0v) is 16.8. The molecule has 5 heteroatoms. The van der Waals surface area contributed by atoms with Crippen LogP contribution in [0.15, 0.2) is 89.5 Å². The Morgan fingerprint density at radius 1 is 0.889 bits per heavy atom. The zero-order valence-electron chi connectivity index (χ0n) is 14.4. The van der Waals surface area contributed by atoms with Crippen molar-refractivity contribution in [1.82, 2.24) is 9.78 Å². The number of halogens is 2. The largest absolute Gasteiger partial charge is 0.381 e. The van der Waals surface area contributed by atoms with Gasteiger partial charge in [0.15, 0.2) is 0 Å². The quantitative estimate of drug-likeness (QED) is 0.382. The van der Waals surface area contributed by atoms with Gasteiger partial charge in [-0.1, -0.05) is 57.9 Å². The van der Waals surface area contributed by atoms with E-state index in [1.165, 1.54) is 0 Å². The zero-order chi connectivity index (χ0) is 18.6. The molecule has 0 amide bonds. The van der Waals surface area contributed by atoms with Crippen molar-refractivity contribution in [2.45, 2.75) is 6.54 Å². The van der Waals surface area contributed by atoms with Crippen molar-refractivity contribution < 1.29 is 0 Å². The summed E-state index contributed by atoms with van der Waals surface area (Å²) in [6.07, 6.45) is 2.07. The molecule has 3 aromatic carbocycles. The van der Waals surface area contributed by atoms with Crippen LogP contribution in [-0.2, 0) is 6.54 Å². The van der Waals surface area contributed by atoms with E-state index in [9.17, 15) is 0 Å². The average Bonchev–Trinajstić information content (AvgIpc) is 3.13. The molecule has 0 aliphatic carbocycles. The molecule has 0 spiro atoms. The molecule has 0 aliphatic rings. The van der Waals surface area contributed by atoms with Crippen molar-refractivity contribution in [3.05, 3.63) is 100 Å². The Labute approximate surface area is 171 Å². The molecule has 0 saturated heterocycles. The summed E-state index contributed by atoms with van der Waals surface area (Å²) < 4.78 is 2.98. The number of para-hydroxylation sites is 1. The highest BCUT2D eigenvalue weighted by molar-refractivity contribution is 9.10. The lowest BCUT2D eigenvalue weighted by atomic mass is 10.1. The predicted molar refractivity (Wildman–Crippen MR) is 115 cm³/mol. The molecule has 0 atom stereocenters. The van der Waals surface area contributed by atoms with Crippen molar-refractivity contribution in [3.8, 4) is 16.9 Å². The summed E-state index contributed by atoms with van der Waals surface area (Å²) in [5, 5.41) is 9.03. The van der Waals surface area contributed by atoms with Crippen LogP contribution in [0, 0.1) is 0 Å². The van der Waals surface area contributed by atoms with E-state index in [-0.39, 0.29) is 0 Å². The van der Waals surface area contributed by atoms with Crippen molar-refractivity contribution in [2.24, 2.45) is 0 Å². The Bertz CT molecular complexity index is 1030. The molecule has 0 fully saturated rings. The van der Waals surface area contributed by atoms with Gasteiger partial charge in [-0.2, -0.15) is 5.10 Å². The molecule has 0 aliphatic heterocycles. The third kappa shape index (κ3) is 4.24. The van der Waals surface area contributed by atoms with E-state index in [2.05, 4.69) is 27.4 Å². The fraction of sp³-hybridized carbons (Fsp3) is 0.0455. The fourth-order valence-corrected chi connectivity index (χ4v) is 3.26. The van der Waals surface area contributed by atoms with Gasteiger partial charge in [-0.15, -0.1) is 0 Å². The molecule has 0 bridgehead atoms. The molecule has 0 saturated carbocycles. The van der Waals surface area contributed by atoms with Crippen LogP contribution in [0.2, 0.25) is 5.02 Å². The summed E-state index contributed by atoms with van der Waals surface area (Å²) in [4.78, 5) is 0. The summed E-state index contributed by atoms with van der Waals surface area (Å²) in [6.45, 7) is 0.673. The maximum atomic E-state index is 6.05. The van der Waals surface area contributed by atoms with Crippen LogP contribution in [0.3, 0.4) is 0 Å². The van der Waals surface area contributed by atoms with Crippen molar-refractivity contribution in [1.29, 1.82) is 0 Å². The summed E-state index contributed by atoms with van der Waals surface area (Å²) >= 11 is 9.52. The fourth-order valence-electron chi connectivity index (χ4n) is 2.87. The Hall–Kier alpha value is -2.56. The number of hydrogen-bond donors (Lipinski definition) is 1. The topological polar surface area (TPSA) is 29.9 Å². The van der Waals surface area contributed by atoms with E-state index in [4.69, 9.17) is 16.7 Å². The first-order chi connectivity index (χ1) is 13.2. The maximum Gasteiger partial charge on any atom is 0.0977 e. The molecule has 27 heavy (non-hydrogen) atoms. The minimum atomic E-state index is 0.673. The molecular formula is C22H17BrClN3. The van der Waals surface area contributed by atoms with Crippen molar-refractivity contribution in [2.75, 3.05) is 5.32 Å². The summed E-state index contributed by atoms with van der Waals surface area (Å²) in [5.41, 5.74) is 5.20. The lowest BCUT2D eigenvalue weighted by Crippen LogP contribution is -1.99. The first-order valence-corrected chi connectivity index (χ1v) is 9.75. The van der Waals surface area contributed by atoms with Crippen molar-refractivity contribution in [3.63, 3.8) is 0 Å². The second-order valence-corrected chi connectivity index (χ2v) is 7.50. The van der Waals surface area contributed by atoms with E-state index in [0.29, 0.717) is 6.54 Å². The lowest BCUT2D eigenvalue weighted by molar-refractivity contribution is 0.883. The summed E-state index contributed by atoms with van der Waals surface area (Å²) in [7, 11) is 0. The van der Waals surface area contributed by atoms with E-state index >= 15 is 0 Å². The summed E-state index contributed by atoms with van der Waals surface area (Å²) in [5.74, 6) is 0. The molecule has 1 aromatic heterocycles. The van der Waals surface area contributed by atoms with Gasteiger partial charge in [-0.3, -0.25) is 0 Å². The van der Waals surface area contributed by atoms with Crippen LogP contribution in [-0.4, -0.2) is 9.78 Å². The van der Waals surface area contributed by atoms with Crippen molar-refractivity contribution >= 4 is 33.2 Å². The van der Waals surface area contributed by atoms with E-state index in [1.807, 2.05) is 83.5 Å². The molecule has 134 valence electrons. The number of anilines is 1. The minimum absolute atomic E-state index is 0.673. The molecule has 0 unspecified atom stereocenters. The second kappa shape index (κ2) is 7.99. The lowest BCUT2D eigenvalue weighted by Gasteiger charge is -2.07. The van der Waals surface area contributed by atoms with Crippen LogP contribution in [0.5, 0.6) is 0 Å². The van der Waals surface area contributed by atoms with Crippen LogP contribution in [0.1, 0.15) is 5.56 Å². The molecular weight excluding hydrogens is 422 g/mol. The third-order valence-electron chi connectivity index (χ3n) is 4.26. The first kappa shape index (κ1) is 17.8. The number of nitrogens with zero attached hydrogens (tertiary/aromatic N) is 2. The van der Waals surface area contributed by atoms with E-state index in [0.717, 1.165) is 37.7 Å². The molecule has 4 rings (SSSR count). The highest BCUT2D eigenvalue weighted by Crippen LogP contribution is 2.26. The maximum absolute atomic E-state index is 6.05. The van der Waals surface area contributed by atoms with Crippen LogP contribution in [0.25, 0.3) is 16.9 Å². The van der Waals surface area contributed by atoms with Gasteiger partial charge < -0.3 is 5.32 Å². The molecule has 1 heterocycles. The molecule has 3 nitrogen and oxygen atoms in total. The highest BCUT2D eigenvalue weighted by Gasteiger charge is 2.12. The molecule has 1 N–H and O–H groups in total. The Balaban J connectivity index is 1.68. The Morgan fingerprint density at radius 2 is 1.59 bits per heavy atom. The third-order valence-corrected chi connectivity index (χ3v) is 5.04. The SMILES string of the molecule is Clc1ccc(-c2nn(-c3ccccc3)cc2CNc2ccc(Br)cc2)cc1. The van der Waals surface area contributed by atoms with Gasteiger partial charge in [0, 0.05) is 39.1 Å². The van der Waals surface area contributed by atoms with E-state index < -0.39 is 0 Å². The monoisotopic (exact) mass is 437 g/mol. The van der Waals surface area contributed by atoms with Gasteiger partial charge in [0.05, 0.1) is 11.4 Å². The van der Waals surface area contributed by atoms with Crippen LogP contribution in [0.4, 0.5) is 5.69 Å². The number of hydrogen-bond acceptors (Lipinski definition) is 2. The van der Waals surface area contributed by atoms with Gasteiger partial charge in [-0.05, 0) is 48.5 Å². The highest BCUT2D eigenvalue weighted by atomic mass is 79.9. The van der Waals surface area contributed by atoms with Gasteiger partial charge in [0.1, 0.15) is 0 Å². The minimum Gasteiger partial charge on any atom is -0.381 e. The number of benzene rings is 3. The molecule has 4 aromatic rings. The second-order valence-electron chi connectivity index (χ2n) is 6.15. The normalized spacial score (nSPS) is 10.7. The standard InChI is InChI=1S/C22H17BrClN3/c23-18-8-12-20(13-9-18)25-14-17-15-27(21-4-2-1-3-5-21)26-22(17)16-6-10-19(24)11-7-16/h1-13,15,25H,14H2. The molecule has 0 radical (unpaired) electrons. The Kier molecular flexibility index (Phi) is 5.28. The number of aromatic nitrogens is 2. The van der Waals surface area contributed by atoms with Gasteiger partial charge >= 0.3 is 0 Å². The smallest absolute Gasteiger partial charge is 0.0977 e. The predicted octanol–water partition coefficient (Wildman–Crippen LogP) is 6.57. The van der Waals surface area contributed by atoms with Crippen LogP contribution < -0.4 is 5.32 Å². The number of rotatable bonds is 5.